The van der Waals surface area contributed by atoms with Gasteiger partial charge in [-0.15, -0.1) is 0 Å². The number of allylic oxidation sites excluding steroid dienone is 1. The molecule has 1 aromatic carbocycles. The van der Waals surface area contributed by atoms with Crippen molar-refractivity contribution < 1.29 is 23.4 Å². The van der Waals surface area contributed by atoms with E-state index in [0.717, 1.165) is 66.3 Å². The molecule has 1 fully saturated rings. The SMILES string of the molecule is CC[Si](CC)(OC1/C=C(/Br)CC[C@](O)([C@@H]2CO[C@@H](c3c(C)cc(C)cc3C)O2)[C@H](O[Si](CC)(CC)C(C)C)CCCCC1)C(C)C. The molecule has 8 heteroatoms. The molecule has 46 heavy (non-hydrogen) atoms. The minimum absolute atomic E-state index is 0.104. The number of aliphatic hydroxyl groups is 1. The van der Waals surface area contributed by atoms with Crippen LogP contribution >= 0.6 is 15.9 Å². The summed E-state index contributed by atoms with van der Waals surface area (Å²) in [6, 6.07) is 8.74. The molecule has 1 saturated heterocycles. The fourth-order valence-corrected chi connectivity index (χ4v) is 15.9. The van der Waals surface area contributed by atoms with E-state index in [1.165, 1.54) is 16.7 Å². The lowest BCUT2D eigenvalue weighted by atomic mass is 9.82. The molecule has 1 N–H and O–H groups in total. The van der Waals surface area contributed by atoms with Crippen molar-refractivity contribution in [1.29, 1.82) is 0 Å². The van der Waals surface area contributed by atoms with Crippen molar-refractivity contribution in [1.82, 2.24) is 0 Å². The van der Waals surface area contributed by atoms with Crippen LogP contribution in [0.2, 0.25) is 35.3 Å². The number of ether oxygens (including phenoxy) is 2. The van der Waals surface area contributed by atoms with Crippen LogP contribution in [0.5, 0.6) is 0 Å². The molecule has 1 aromatic rings. The van der Waals surface area contributed by atoms with E-state index in [9.17, 15) is 5.11 Å². The van der Waals surface area contributed by atoms with Crippen molar-refractivity contribution >= 4 is 32.6 Å². The van der Waals surface area contributed by atoms with Gasteiger partial charge >= 0.3 is 0 Å². The molecule has 0 aromatic heterocycles. The highest BCUT2D eigenvalue weighted by molar-refractivity contribution is 9.11. The maximum absolute atomic E-state index is 13.0. The zero-order valence-electron chi connectivity index (χ0n) is 31.1. The van der Waals surface area contributed by atoms with Gasteiger partial charge in [-0.2, -0.15) is 0 Å². The third-order valence-electron chi connectivity index (χ3n) is 11.6. The summed E-state index contributed by atoms with van der Waals surface area (Å²) < 4.78 is 28.7. The summed E-state index contributed by atoms with van der Waals surface area (Å²) in [6.45, 7) is 25.2. The van der Waals surface area contributed by atoms with E-state index in [-0.39, 0.29) is 12.2 Å². The highest BCUT2D eigenvalue weighted by Crippen LogP contribution is 2.44. The maximum atomic E-state index is 13.0. The normalized spacial score (nSPS) is 28.6. The van der Waals surface area contributed by atoms with Crippen LogP contribution in [-0.2, 0) is 18.3 Å². The second kappa shape index (κ2) is 17.6. The van der Waals surface area contributed by atoms with Crippen LogP contribution in [0.1, 0.15) is 129 Å². The monoisotopic (exact) mass is 738 g/mol. The topological polar surface area (TPSA) is 57.2 Å². The van der Waals surface area contributed by atoms with Crippen molar-refractivity contribution in [3.8, 4) is 0 Å². The van der Waals surface area contributed by atoms with E-state index < -0.39 is 34.6 Å². The van der Waals surface area contributed by atoms with Crippen molar-refractivity contribution in [2.45, 2.75) is 187 Å². The summed E-state index contributed by atoms with van der Waals surface area (Å²) in [5.41, 5.74) is 4.51. The van der Waals surface area contributed by atoms with Gasteiger partial charge in [0.05, 0.1) is 18.8 Å². The average Bonchev–Trinajstić information content (AvgIpc) is 3.49. The van der Waals surface area contributed by atoms with Gasteiger partial charge in [0.15, 0.2) is 22.9 Å². The number of rotatable bonds is 12. The second-order valence-corrected chi connectivity index (χ2v) is 25.8. The van der Waals surface area contributed by atoms with Gasteiger partial charge in [-0.25, -0.2) is 0 Å². The third kappa shape index (κ3) is 9.26. The lowest BCUT2D eigenvalue weighted by Gasteiger charge is -2.46. The Labute approximate surface area is 293 Å². The number of halogens is 1. The van der Waals surface area contributed by atoms with Crippen LogP contribution in [0.4, 0.5) is 0 Å². The predicted octanol–water partition coefficient (Wildman–Crippen LogP) is 11.3. The average molecular weight is 740 g/mol. The van der Waals surface area contributed by atoms with Crippen LogP contribution in [0.3, 0.4) is 0 Å². The molecule has 0 amide bonds. The van der Waals surface area contributed by atoms with Crippen molar-refractivity contribution in [3.63, 3.8) is 0 Å². The van der Waals surface area contributed by atoms with Gasteiger partial charge in [-0.05, 0) is 103 Å². The van der Waals surface area contributed by atoms with Crippen LogP contribution in [0, 0.1) is 20.8 Å². The fraction of sp³-hybridized carbons (Fsp3) is 0.789. The summed E-state index contributed by atoms with van der Waals surface area (Å²) in [4.78, 5) is 0. The molecule has 5 nitrogen and oxygen atoms in total. The number of benzene rings is 1. The van der Waals surface area contributed by atoms with Gasteiger partial charge in [0.1, 0.15) is 11.7 Å². The Morgan fingerprint density at radius 2 is 1.41 bits per heavy atom. The lowest BCUT2D eigenvalue weighted by molar-refractivity contribution is -0.166. The van der Waals surface area contributed by atoms with Crippen molar-refractivity contribution in [3.05, 3.63) is 44.9 Å². The van der Waals surface area contributed by atoms with Gasteiger partial charge in [0.2, 0.25) is 0 Å². The highest BCUT2D eigenvalue weighted by Gasteiger charge is 2.52. The molecule has 1 heterocycles. The largest absolute Gasteiger partial charge is 0.411 e. The molecular weight excluding hydrogens is 672 g/mol. The Bertz CT molecular complexity index is 1110. The molecule has 3 rings (SSSR count). The molecule has 1 unspecified atom stereocenters. The van der Waals surface area contributed by atoms with Gasteiger partial charge in [-0.1, -0.05) is 108 Å². The Hall–Kier alpha value is -0.326. The third-order valence-corrected chi connectivity index (χ3v) is 22.8. The Morgan fingerprint density at radius 1 is 0.870 bits per heavy atom. The molecule has 0 spiro atoms. The summed E-state index contributed by atoms with van der Waals surface area (Å²) in [7, 11) is -3.97. The number of hydrogen-bond donors (Lipinski definition) is 1. The van der Waals surface area contributed by atoms with Gasteiger partial charge in [0.25, 0.3) is 0 Å². The zero-order chi connectivity index (χ0) is 34.3. The van der Waals surface area contributed by atoms with Crippen LogP contribution in [0.15, 0.2) is 22.7 Å². The first kappa shape index (κ1) is 40.1. The zero-order valence-corrected chi connectivity index (χ0v) is 34.7. The van der Waals surface area contributed by atoms with E-state index >= 15 is 0 Å². The standard InChI is InChI=1S/C38H67BrO5Si2/c1-12-45(13-2,27(5)6)43-33-19-17-16-18-20-34(44-46(14-3,15-4)28(7)8)38(40,22-21-32(39)25-33)35-26-41-37(42-35)36-30(10)23-29(9)24-31(36)11/h23-25,27-28,33-35,37,40H,12-22,26H2,1-11H3/b32-25+/t33?,34-,35+,37-,38-/m1/s1. The molecular formula is C38H67BrO5Si2. The molecule has 5 atom stereocenters. The first-order valence-electron chi connectivity index (χ1n) is 18.5. The van der Waals surface area contributed by atoms with Gasteiger partial charge in [-0.3, -0.25) is 0 Å². The Morgan fingerprint density at radius 3 is 1.96 bits per heavy atom. The number of aryl methyl sites for hydroxylation is 3. The minimum atomic E-state index is -2.12. The van der Waals surface area contributed by atoms with Crippen LogP contribution < -0.4 is 0 Å². The summed E-state index contributed by atoms with van der Waals surface area (Å²) in [6.07, 6.45) is 7.46. The summed E-state index contributed by atoms with van der Waals surface area (Å²) in [5.74, 6) is 0. The van der Waals surface area contributed by atoms with Crippen LogP contribution in [0.25, 0.3) is 0 Å². The molecule has 0 radical (unpaired) electrons. The van der Waals surface area contributed by atoms with E-state index in [4.69, 9.17) is 18.3 Å². The highest BCUT2D eigenvalue weighted by atomic mass is 79.9. The van der Waals surface area contributed by atoms with E-state index in [0.29, 0.717) is 30.5 Å². The predicted molar refractivity (Wildman–Crippen MR) is 202 cm³/mol. The minimum Gasteiger partial charge on any atom is -0.411 e. The molecule has 0 bridgehead atoms. The smallest absolute Gasteiger partial charge is 0.195 e. The second-order valence-electron chi connectivity index (χ2n) is 15.0. The maximum Gasteiger partial charge on any atom is 0.195 e. The summed E-state index contributed by atoms with van der Waals surface area (Å²) in [5, 5.41) is 13.0. The van der Waals surface area contributed by atoms with E-state index in [2.05, 4.69) is 110 Å². The quantitative estimate of drug-likeness (QED) is 0.216. The number of hydrogen-bond acceptors (Lipinski definition) is 5. The van der Waals surface area contributed by atoms with E-state index in [1.54, 1.807) is 0 Å². The molecule has 1 aliphatic heterocycles. The first-order valence-corrected chi connectivity index (χ1v) is 24.1. The fourth-order valence-electron chi connectivity index (χ4n) is 8.28. The van der Waals surface area contributed by atoms with Gasteiger partial charge < -0.3 is 23.4 Å². The van der Waals surface area contributed by atoms with Crippen molar-refractivity contribution in [2.24, 2.45) is 0 Å². The summed E-state index contributed by atoms with van der Waals surface area (Å²) >= 11 is 3.95. The Kier molecular flexibility index (Phi) is 15.3. The Balaban J connectivity index is 2.00. The van der Waals surface area contributed by atoms with E-state index in [1.807, 2.05) is 0 Å². The van der Waals surface area contributed by atoms with Crippen LogP contribution in [-0.4, -0.2) is 52.3 Å². The molecule has 1 aliphatic carbocycles. The van der Waals surface area contributed by atoms with Crippen molar-refractivity contribution in [2.75, 3.05) is 6.61 Å². The molecule has 0 saturated carbocycles. The van der Waals surface area contributed by atoms with Gasteiger partial charge in [0, 0.05) is 5.56 Å². The molecule has 264 valence electrons. The first-order chi connectivity index (χ1) is 21.7. The molecule has 2 aliphatic rings. The lowest BCUT2D eigenvalue weighted by Crippen LogP contribution is -2.58.